The van der Waals surface area contributed by atoms with Crippen molar-refractivity contribution in [3.05, 3.63) is 85.1 Å². The standard InChI is InChI=1S/C71H131N2O6P/c1-6-8-10-12-14-16-18-20-22-24-26-28-30-32-34-35-36-37-39-41-43-45-47-49-51-53-55-57-59-61-63-65-71(75)72-69(68-79-80(76,77)78-67-66-73(3,4)5)70(74)64-62-60-58-56-54-52-50-48-46-44-42-40-38-33-31-29-27-25-23-21-19-17-15-13-11-9-7-2/h8,10,14,16,20,22,26,28,32,34,54,56,62,64,69-70,74H,6-7,9,11-13,15,17-19,21,23-25,27,29-31,33,35-53,55,57-61,63,65-68H2,1-5H3,(H-,72,75,76,77)/p+1/b10-8-,16-14-,22-20-,28-26-,34-32-,56-54+,64-62+. The first-order chi connectivity index (χ1) is 39.0. The van der Waals surface area contributed by atoms with E-state index in [9.17, 15) is 19.4 Å². The fraction of sp³-hybridized carbons (Fsp3) is 0.789. The molecular weight excluding hydrogens is 1010 g/mol. The number of hydrogen-bond donors (Lipinski definition) is 3. The van der Waals surface area contributed by atoms with E-state index in [-0.39, 0.29) is 19.1 Å². The summed E-state index contributed by atoms with van der Waals surface area (Å²) in [5.41, 5.74) is 0. The van der Waals surface area contributed by atoms with Gasteiger partial charge in [-0.25, -0.2) is 4.57 Å². The number of carbonyl (C=O) groups excluding carboxylic acids is 1. The molecule has 0 aliphatic heterocycles. The molecule has 9 heteroatoms. The molecule has 3 atom stereocenters. The second kappa shape index (κ2) is 61.2. The Bertz CT molecular complexity index is 1580. The second-order valence-electron chi connectivity index (χ2n) is 24.2. The molecule has 0 saturated heterocycles. The molecular formula is C71H132N2O6P+. The van der Waals surface area contributed by atoms with Gasteiger partial charge in [-0.15, -0.1) is 0 Å². The van der Waals surface area contributed by atoms with Crippen molar-refractivity contribution in [2.45, 2.75) is 321 Å². The summed E-state index contributed by atoms with van der Waals surface area (Å²) >= 11 is 0. The zero-order valence-corrected chi connectivity index (χ0v) is 54.2. The van der Waals surface area contributed by atoms with Gasteiger partial charge in [0.05, 0.1) is 39.9 Å². The number of rotatable bonds is 62. The minimum absolute atomic E-state index is 0.0541. The number of allylic oxidation sites excluding steroid dienone is 13. The van der Waals surface area contributed by atoms with Gasteiger partial charge in [0, 0.05) is 6.42 Å². The van der Waals surface area contributed by atoms with Crippen LogP contribution in [0.2, 0.25) is 0 Å². The fourth-order valence-corrected chi connectivity index (χ4v) is 10.6. The van der Waals surface area contributed by atoms with Crippen LogP contribution in [0, 0.1) is 0 Å². The van der Waals surface area contributed by atoms with Gasteiger partial charge >= 0.3 is 7.82 Å². The maximum Gasteiger partial charge on any atom is 0.472 e. The number of phosphoric ester groups is 1. The molecule has 0 aliphatic rings. The topological polar surface area (TPSA) is 105 Å². The van der Waals surface area contributed by atoms with Gasteiger partial charge in [-0.1, -0.05) is 311 Å². The highest BCUT2D eigenvalue weighted by molar-refractivity contribution is 7.47. The third kappa shape index (κ3) is 63.3. The number of nitrogens with zero attached hydrogens (tertiary/aromatic N) is 1. The molecule has 0 aromatic carbocycles. The minimum Gasteiger partial charge on any atom is -0.387 e. The Morgan fingerprint density at radius 2 is 0.762 bits per heavy atom. The molecule has 0 rings (SSSR count). The van der Waals surface area contributed by atoms with Gasteiger partial charge in [-0.2, -0.15) is 0 Å². The number of likely N-dealkylation sites (N-methyl/N-ethyl adjacent to an activating group) is 1. The molecule has 0 saturated carbocycles. The van der Waals surface area contributed by atoms with E-state index in [1.54, 1.807) is 6.08 Å². The van der Waals surface area contributed by atoms with E-state index in [0.29, 0.717) is 17.4 Å². The minimum atomic E-state index is -4.36. The van der Waals surface area contributed by atoms with Crippen LogP contribution in [0.15, 0.2) is 85.1 Å². The molecule has 0 aromatic heterocycles. The number of aliphatic hydroxyl groups excluding tert-OH is 1. The lowest BCUT2D eigenvalue weighted by atomic mass is 10.0. The van der Waals surface area contributed by atoms with Crippen LogP contribution in [-0.2, 0) is 18.4 Å². The molecule has 3 unspecified atom stereocenters. The summed E-state index contributed by atoms with van der Waals surface area (Å²) < 4.78 is 23.8. The molecule has 0 radical (unpaired) electrons. The number of hydrogen-bond acceptors (Lipinski definition) is 5. The van der Waals surface area contributed by atoms with E-state index in [1.165, 1.54) is 218 Å². The number of quaternary nitrogens is 1. The summed E-state index contributed by atoms with van der Waals surface area (Å²) in [6.07, 6.45) is 87.2. The average molecular weight is 1140 g/mol. The van der Waals surface area contributed by atoms with E-state index >= 15 is 0 Å². The Morgan fingerprint density at radius 3 is 1.15 bits per heavy atom. The molecule has 0 spiro atoms. The second-order valence-corrected chi connectivity index (χ2v) is 25.6. The highest BCUT2D eigenvalue weighted by atomic mass is 31.2. The molecule has 0 heterocycles. The molecule has 0 aliphatic carbocycles. The zero-order chi connectivity index (χ0) is 58.4. The zero-order valence-electron chi connectivity index (χ0n) is 53.3. The normalized spacial score (nSPS) is 14.2. The van der Waals surface area contributed by atoms with Gasteiger partial charge in [-0.3, -0.25) is 13.8 Å². The monoisotopic (exact) mass is 1140 g/mol. The van der Waals surface area contributed by atoms with Gasteiger partial charge in [0.15, 0.2) is 0 Å². The lowest BCUT2D eigenvalue weighted by Crippen LogP contribution is -2.45. The lowest BCUT2D eigenvalue weighted by molar-refractivity contribution is -0.870. The van der Waals surface area contributed by atoms with Crippen LogP contribution in [0.25, 0.3) is 0 Å². The van der Waals surface area contributed by atoms with E-state index in [1.807, 2.05) is 27.2 Å². The van der Waals surface area contributed by atoms with Gasteiger partial charge in [0.2, 0.25) is 5.91 Å². The highest BCUT2D eigenvalue weighted by Gasteiger charge is 2.28. The Morgan fingerprint density at radius 1 is 0.438 bits per heavy atom. The van der Waals surface area contributed by atoms with Crippen LogP contribution in [0.5, 0.6) is 0 Å². The maximum absolute atomic E-state index is 13.0. The summed E-state index contributed by atoms with van der Waals surface area (Å²) in [7, 11) is 1.56. The van der Waals surface area contributed by atoms with Crippen molar-refractivity contribution in [3.8, 4) is 0 Å². The third-order valence-corrected chi connectivity index (χ3v) is 16.1. The Hall–Kier alpha value is -2.32. The van der Waals surface area contributed by atoms with E-state index < -0.39 is 20.0 Å². The number of unbranched alkanes of at least 4 members (excludes halogenated alkanes) is 37. The molecule has 1 amide bonds. The molecule has 0 fully saturated rings. The maximum atomic E-state index is 13.0. The van der Waals surface area contributed by atoms with Crippen molar-refractivity contribution in [1.29, 1.82) is 0 Å². The average Bonchev–Trinajstić information content (AvgIpc) is 3.42. The Labute approximate surface area is 497 Å². The van der Waals surface area contributed by atoms with Gasteiger partial charge < -0.3 is 19.8 Å². The van der Waals surface area contributed by atoms with Crippen LogP contribution in [0.4, 0.5) is 0 Å². The summed E-state index contributed by atoms with van der Waals surface area (Å²) in [6.45, 7) is 4.71. The predicted molar refractivity (Wildman–Crippen MR) is 350 cm³/mol. The summed E-state index contributed by atoms with van der Waals surface area (Å²) in [5, 5.41) is 14.0. The smallest absolute Gasteiger partial charge is 0.387 e. The van der Waals surface area contributed by atoms with E-state index in [0.717, 1.165) is 70.6 Å². The van der Waals surface area contributed by atoms with Gasteiger partial charge in [-0.05, 0) is 77.0 Å². The van der Waals surface area contributed by atoms with Crippen LogP contribution >= 0.6 is 7.82 Å². The largest absolute Gasteiger partial charge is 0.472 e. The fourth-order valence-electron chi connectivity index (χ4n) is 9.85. The van der Waals surface area contributed by atoms with Crippen molar-refractivity contribution in [2.75, 3.05) is 40.9 Å². The SMILES string of the molecule is CC/C=C\C/C=C\C/C=C\C/C=C\C/C=C\CCCCCCCCCCCCCCCCCC(=O)NC(COP(=O)(O)OCC[N+](C)(C)C)C(O)/C=C/CC/C=C/CCCCCCCCCCCCCCCCCCCCCCC. The predicted octanol–water partition coefficient (Wildman–Crippen LogP) is 21.5. The van der Waals surface area contributed by atoms with Crippen LogP contribution in [-0.4, -0.2) is 73.4 Å². The summed E-state index contributed by atoms with van der Waals surface area (Å²) in [5.74, 6) is -0.186. The molecule has 3 N–H and O–H groups in total. The van der Waals surface area contributed by atoms with Crippen LogP contribution in [0.3, 0.4) is 0 Å². The molecule has 0 bridgehead atoms. The third-order valence-electron chi connectivity index (χ3n) is 15.1. The van der Waals surface area contributed by atoms with Crippen LogP contribution in [0.1, 0.15) is 309 Å². The number of nitrogens with one attached hydrogen (secondary N) is 1. The van der Waals surface area contributed by atoms with Crippen molar-refractivity contribution >= 4 is 13.7 Å². The summed E-state index contributed by atoms with van der Waals surface area (Å²) in [4.78, 5) is 23.4. The van der Waals surface area contributed by atoms with Crippen molar-refractivity contribution in [1.82, 2.24) is 5.32 Å². The highest BCUT2D eigenvalue weighted by Crippen LogP contribution is 2.43. The Kier molecular flexibility index (Phi) is 59.5. The number of amides is 1. The van der Waals surface area contributed by atoms with Crippen LogP contribution < -0.4 is 5.32 Å². The first kappa shape index (κ1) is 77.7. The van der Waals surface area contributed by atoms with Gasteiger partial charge in [0.1, 0.15) is 13.2 Å². The molecule has 466 valence electrons. The van der Waals surface area contributed by atoms with E-state index in [2.05, 4.69) is 92.1 Å². The lowest BCUT2D eigenvalue weighted by Gasteiger charge is -2.25. The quantitative estimate of drug-likeness (QED) is 0.0243. The molecule has 8 nitrogen and oxygen atoms in total. The first-order valence-corrected chi connectivity index (χ1v) is 35.5. The van der Waals surface area contributed by atoms with Crippen molar-refractivity contribution in [2.24, 2.45) is 0 Å². The van der Waals surface area contributed by atoms with Crippen molar-refractivity contribution < 1.29 is 32.9 Å². The first-order valence-electron chi connectivity index (χ1n) is 34.0. The molecule has 80 heavy (non-hydrogen) atoms. The summed E-state index contributed by atoms with van der Waals surface area (Å²) in [6, 6.07) is -0.869. The molecule has 0 aromatic rings. The van der Waals surface area contributed by atoms with E-state index in [4.69, 9.17) is 9.05 Å². The van der Waals surface area contributed by atoms with Crippen molar-refractivity contribution in [3.63, 3.8) is 0 Å². The number of aliphatic hydroxyl groups is 1. The number of phosphoric acid groups is 1. The Balaban J connectivity index is 4.13. The van der Waals surface area contributed by atoms with Gasteiger partial charge in [0.25, 0.3) is 0 Å². The number of carbonyl (C=O) groups is 1.